The van der Waals surface area contributed by atoms with E-state index < -0.39 is 40.0 Å². The molecular weight excluding hydrogens is 415 g/mol. The molecule has 3 saturated carbocycles. The Bertz CT molecular complexity index is 1010. The van der Waals surface area contributed by atoms with Gasteiger partial charge in [0, 0.05) is 35.8 Å². The maximum Gasteiger partial charge on any atom is 0.303 e. The molecule has 3 fully saturated rings. The number of ketones is 2. The van der Waals surface area contributed by atoms with Crippen LogP contribution in [0.2, 0.25) is 0 Å². The molecule has 8 heteroatoms. The minimum atomic E-state index is -1.95. The maximum atomic E-state index is 17.2. The molecule has 0 amide bonds. The quantitative estimate of drug-likeness (QED) is 0.646. The van der Waals surface area contributed by atoms with Gasteiger partial charge < -0.3 is 9.84 Å². The number of esters is 1. The first-order valence-corrected chi connectivity index (χ1v) is 11.3. The number of alkyl halides is 1. The van der Waals surface area contributed by atoms with E-state index in [-0.39, 0.29) is 36.4 Å². The standard InChI is InChI=1S/C24H29FN2O5/c1-13(28)32-12-20(31)24-15(11-26-27-24)9-18-17-5-4-14-8-16(29)6-7-21(14,2)23(17,25)19(30)10-22(18,24)3/h6-8,11,15,17-19,27,30H,4-5,9-10,12H2,1-3H3/t15-,17-,18-,19-,21-,22-,23-,24-/m0/s1. The zero-order chi connectivity index (χ0) is 23.1. The number of carbonyl (C=O) groups is 3. The number of hydrogen-bond donors (Lipinski definition) is 2. The van der Waals surface area contributed by atoms with Gasteiger partial charge in [-0.1, -0.05) is 18.6 Å². The van der Waals surface area contributed by atoms with E-state index in [9.17, 15) is 19.5 Å². The minimum Gasteiger partial charge on any atom is -0.458 e. The molecule has 172 valence electrons. The van der Waals surface area contributed by atoms with E-state index in [1.54, 1.807) is 19.2 Å². The normalized spacial score (nSPS) is 48.2. The lowest BCUT2D eigenvalue weighted by Crippen LogP contribution is -2.71. The number of rotatable bonds is 3. The van der Waals surface area contributed by atoms with Gasteiger partial charge >= 0.3 is 5.97 Å². The Morgan fingerprint density at radius 2 is 2.09 bits per heavy atom. The van der Waals surface area contributed by atoms with Crippen LogP contribution in [0.3, 0.4) is 0 Å². The third kappa shape index (κ3) is 2.34. The van der Waals surface area contributed by atoms with E-state index >= 15 is 4.39 Å². The van der Waals surface area contributed by atoms with Gasteiger partial charge in [0.25, 0.3) is 0 Å². The van der Waals surface area contributed by atoms with E-state index in [0.717, 1.165) is 5.57 Å². The smallest absolute Gasteiger partial charge is 0.303 e. The summed E-state index contributed by atoms with van der Waals surface area (Å²) in [6, 6.07) is 0. The molecule has 5 aliphatic rings. The van der Waals surface area contributed by atoms with Crippen LogP contribution >= 0.6 is 0 Å². The predicted molar refractivity (Wildman–Crippen MR) is 113 cm³/mol. The number of aliphatic hydroxyl groups excluding tert-OH is 1. The predicted octanol–water partition coefficient (Wildman–Crippen LogP) is 2.04. The van der Waals surface area contributed by atoms with Crippen LogP contribution in [0.25, 0.3) is 0 Å². The summed E-state index contributed by atoms with van der Waals surface area (Å²) in [7, 11) is 0. The Hall–Kier alpha value is -2.35. The van der Waals surface area contributed by atoms with Crippen LogP contribution < -0.4 is 5.43 Å². The molecule has 5 rings (SSSR count). The molecule has 1 heterocycles. The van der Waals surface area contributed by atoms with Crippen molar-refractivity contribution in [2.45, 2.75) is 63.8 Å². The molecule has 8 atom stereocenters. The van der Waals surface area contributed by atoms with Crippen molar-refractivity contribution in [1.82, 2.24) is 5.43 Å². The number of hydrazone groups is 1. The fraction of sp³-hybridized carbons (Fsp3) is 0.667. The zero-order valence-corrected chi connectivity index (χ0v) is 18.6. The average Bonchev–Trinajstić information content (AvgIpc) is 3.25. The van der Waals surface area contributed by atoms with Crippen molar-refractivity contribution in [2.24, 2.45) is 33.7 Å². The van der Waals surface area contributed by atoms with Crippen LogP contribution in [-0.4, -0.2) is 52.8 Å². The molecule has 4 aliphatic carbocycles. The molecule has 0 aromatic rings. The molecule has 2 N–H and O–H groups in total. The zero-order valence-electron chi connectivity index (χ0n) is 18.6. The number of fused-ring (bicyclic) bond motifs is 7. The fourth-order valence-electron chi connectivity index (χ4n) is 7.80. The molecule has 0 aromatic carbocycles. The van der Waals surface area contributed by atoms with Crippen LogP contribution in [0.4, 0.5) is 4.39 Å². The monoisotopic (exact) mass is 444 g/mol. The number of nitrogens with one attached hydrogen (secondary N) is 1. The van der Waals surface area contributed by atoms with Gasteiger partial charge in [-0.3, -0.25) is 19.8 Å². The van der Waals surface area contributed by atoms with E-state index in [1.165, 1.54) is 19.1 Å². The molecule has 0 saturated heterocycles. The fourth-order valence-corrected chi connectivity index (χ4v) is 7.80. The second-order valence-electron chi connectivity index (χ2n) is 10.5. The molecule has 32 heavy (non-hydrogen) atoms. The lowest BCUT2D eigenvalue weighted by Gasteiger charge is -2.62. The second kappa shape index (κ2) is 6.59. The first-order chi connectivity index (χ1) is 15.0. The van der Waals surface area contributed by atoms with Gasteiger partial charge in [0.15, 0.2) is 23.8 Å². The summed E-state index contributed by atoms with van der Waals surface area (Å²) in [6.07, 6.45) is 6.59. The molecule has 0 unspecified atom stereocenters. The Morgan fingerprint density at radius 1 is 1.34 bits per heavy atom. The van der Waals surface area contributed by atoms with Gasteiger partial charge in [-0.25, -0.2) is 4.39 Å². The number of halogens is 1. The first kappa shape index (κ1) is 21.5. The molecule has 0 aromatic heterocycles. The van der Waals surface area contributed by atoms with Gasteiger partial charge in [-0.05, 0) is 50.7 Å². The van der Waals surface area contributed by atoms with Crippen molar-refractivity contribution >= 4 is 23.8 Å². The van der Waals surface area contributed by atoms with Crippen LogP contribution in [0, 0.1) is 28.6 Å². The van der Waals surface area contributed by atoms with Gasteiger partial charge in [0.1, 0.15) is 5.54 Å². The van der Waals surface area contributed by atoms with Gasteiger partial charge in [-0.2, -0.15) is 5.10 Å². The average molecular weight is 445 g/mol. The van der Waals surface area contributed by atoms with Crippen LogP contribution in [0.5, 0.6) is 0 Å². The van der Waals surface area contributed by atoms with E-state index in [2.05, 4.69) is 10.5 Å². The number of carbonyl (C=O) groups excluding carboxylic acids is 3. The van der Waals surface area contributed by atoms with Crippen molar-refractivity contribution in [3.05, 3.63) is 23.8 Å². The van der Waals surface area contributed by atoms with E-state index in [1.807, 2.05) is 6.92 Å². The number of ether oxygens (including phenoxy) is 1. The van der Waals surface area contributed by atoms with Crippen molar-refractivity contribution in [3.8, 4) is 0 Å². The maximum absolute atomic E-state index is 17.2. The number of aliphatic hydroxyl groups is 1. The Kier molecular flexibility index (Phi) is 4.43. The summed E-state index contributed by atoms with van der Waals surface area (Å²) in [6.45, 7) is 4.57. The molecule has 7 nitrogen and oxygen atoms in total. The van der Waals surface area contributed by atoms with Crippen molar-refractivity contribution in [3.63, 3.8) is 0 Å². The number of Topliss-reactive ketones (excluding diaryl/α,β-unsaturated/α-hetero) is 1. The molecule has 0 bridgehead atoms. The van der Waals surface area contributed by atoms with Crippen molar-refractivity contribution in [1.29, 1.82) is 0 Å². The molecule has 1 aliphatic heterocycles. The number of hydrogen-bond acceptors (Lipinski definition) is 7. The van der Waals surface area contributed by atoms with Gasteiger partial charge in [-0.15, -0.1) is 0 Å². The van der Waals surface area contributed by atoms with Gasteiger partial charge in [0.2, 0.25) is 0 Å². The third-order valence-electron chi connectivity index (χ3n) is 9.34. The topological polar surface area (TPSA) is 105 Å². The number of allylic oxidation sites excluding steroid dienone is 4. The summed E-state index contributed by atoms with van der Waals surface area (Å²) in [5.74, 6) is -1.95. The highest BCUT2D eigenvalue weighted by atomic mass is 19.1. The SMILES string of the molecule is CC(=O)OCC(=O)[C@@]12NN=C[C@@H]1C[C@H]1[C@@H]3CCC4=CC(=O)C=C[C@]4(C)[C@@]3(F)[C@@H](O)C[C@@]12C. The van der Waals surface area contributed by atoms with E-state index in [0.29, 0.717) is 19.3 Å². The van der Waals surface area contributed by atoms with Crippen LogP contribution in [0.15, 0.2) is 28.9 Å². The highest BCUT2D eigenvalue weighted by molar-refractivity contribution is 6.01. The van der Waals surface area contributed by atoms with Crippen molar-refractivity contribution < 1.29 is 28.6 Å². The third-order valence-corrected chi connectivity index (χ3v) is 9.34. The summed E-state index contributed by atoms with van der Waals surface area (Å²) in [5.41, 5.74) is -1.20. The lowest BCUT2D eigenvalue weighted by atomic mass is 9.44. The highest BCUT2D eigenvalue weighted by Gasteiger charge is 2.77. The summed E-state index contributed by atoms with van der Waals surface area (Å²) in [4.78, 5) is 36.7. The largest absolute Gasteiger partial charge is 0.458 e. The van der Waals surface area contributed by atoms with Crippen LogP contribution in [0.1, 0.15) is 46.5 Å². The Labute approximate surface area is 186 Å². The first-order valence-electron chi connectivity index (χ1n) is 11.3. The Balaban J connectivity index is 1.58. The van der Waals surface area contributed by atoms with E-state index in [4.69, 9.17) is 4.74 Å². The molecule has 0 radical (unpaired) electrons. The van der Waals surface area contributed by atoms with Gasteiger partial charge in [0.05, 0.1) is 6.10 Å². The van der Waals surface area contributed by atoms with Crippen molar-refractivity contribution in [2.75, 3.05) is 6.61 Å². The lowest BCUT2D eigenvalue weighted by molar-refractivity contribution is -0.200. The summed E-state index contributed by atoms with van der Waals surface area (Å²) in [5, 5.41) is 15.6. The minimum absolute atomic E-state index is 0.0635. The summed E-state index contributed by atoms with van der Waals surface area (Å²) >= 11 is 0. The number of nitrogens with zero attached hydrogens (tertiary/aromatic N) is 1. The Morgan fingerprint density at radius 3 is 2.81 bits per heavy atom. The van der Waals surface area contributed by atoms with Crippen LogP contribution in [-0.2, 0) is 19.1 Å². The highest BCUT2D eigenvalue weighted by Crippen LogP contribution is 2.71. The summed E-state index contributed by atoms with van der Waals surface area (Å²) < 4.78 is 22.2. The second-order valence-corrected chi connectivity index (χ2v) is 10.5. The molecule has 0 spiro atoms. The molecular formula is C24H29FN2O5.